The van der Waals surface area contributed by atoms with Crippen LogP contribution in [-0.4, -0.2) is 35.1 Å². The van der Waals surface area contributed by atoms with E-state index in [9.17, 15) is 14.4 Å². The Morgan fingerprint density at radius 3 is 1.19 bits per heavy atom. The number of carbonyl (C=O) groups is 3. The van der Waals surface area contributed by atoms with Crippen LogP contribution in [0.5, 0.6) is 0 Å². The second-order valence-electron chi connectivity index (χ2n) is 20.1. The molecule has 0 aliphatic carbocycles. The molecule has 0 saturated carbocycles. The van der Waals surface area contributed by atoms with Crippen molar-refractivity contribution in [1.29, 1.82) is 0 Å². The fourth-order valence-corrected chi connectivity index (χ4v) is 7.38. The first-order valence-electron chi connectivity index (χ1n) is 23.3. The molecule has 7 nitrogen and oxygen atoms in total. The molecule has 0 aromatic rings. The van der Waals surface area contributed by atoms with Crippen LogP contribution in [0.3, 0.4) is 0 Å². The zero-order valence-electron chi connectivity index (χ0n) is 41.9. The Labute approximate surface area is 368 Å². The fraction of sp³-hybridized carbons (Fsp3) is 0.941. The van der Waals surface area contributed by atoms with Crippen LogP contribution in [0.2, 0.25) is 0 Å². The quantitative estimate of drug-likeness (QED) is 0.0838. The van der Waals surface area contributed by atoms with E-state index in [0.717, 1.165) is 50.4 Å². The van der Waals surface area contributed by atoms with E-state index in [0.29, 0.717) is 49.4 Å². The molecule has 0 heterocycles. The van der Waals surface area contributed by atoms with E-state index >= 15 is 0 Å². The number of hydrogen-bond donors (Lipinski definition) is 2. The van der Waals surface area contributed by atoms with E-state index in [1.54, 1.807) is 0 Å². The Morgan fingerprint density at radius 2 is 0.862 bits per heavy atom. The van der Waals surface area contributed by atoms with Crippen LogP contribution in [0.1, 0.15) is 246 Å². The Kier molecular flexibility index (Phi) is 39.2. The first-order chi connectivity index (χ1) is 25.6. The molecule has 0 aromatic carbocycles. The minimum absolute atomic E-state index is 0. The standard InChI is InChI=1S/C25H49NO3.C23H46O2.3CH4.H3N/c1-10-19(5)14-20(6)15-22(26-23(27)11-2)16-21(13-12-18(3)4)17-24(28)29-25(7,8)9;1-10-18(4)13-19(5)14-20(6)15-21(12-11-17(2)3)16-22(24)25-23(7,8)9;;;;/h18-22H,10-17H2,1-9H3,(H,26,27);17-21H,10-16H2,1-9H3;3*1H4;1H3/i12T;11T;;;;. The van der Waals surface area contributed by atoms with Crippen molar-refractivity contribution in [1.82, 2.24) is 11.5 Å². The maximum atomic E-state index is 12.5. The summed E-state index contributed by atoms with van der Waals surface area (Å²) in [6.45, 7) is 37.5. The van der Waals surface area contributed by atoms with Gasteiger partial charge in [0, 0.05) is 28.0 Å². The molecule has 58 heavy (non-hydrogen) atoms. The molecule has 354 valence electrons. The smallest absolute Gasteiger partial charge is 0.306 e. The summed E-state index contributed by atoms with van der Waals surface area (Å²) < 4.78 is 27.9. The van der Waals surface area contributed by atoms with Gasteiger partial charge in [0.05, 0.1) is 0 Å². The molecule has 10 atom stereocenters. The van der Waals surface area contributed by atoms with E-state index in [4.69, 9.17) is 12.2 Å². The fourth-order valence-electron chi connectivity index (χ4n) is 7.38. The summed E-state index contributed by atoms with van der Waals surface area (Å²) in [4.78, 5) is 37.0. The SMILES string of the molecule is C.C.C.N.[3H]C(CC(CC(=O)OC(C)(C)C)CC(C)CC(C)CC(C)CC)C(C)C.[3H]C(CC(CC(=O)OC(C)(C)C)CC(CC(C)CC(C)CC)NC(=O)CC)C(C)C. The maximum absolute atomic E-state index is 12.5. The van der Waals surface area contributed by atoms with Crippen molar-refractivity contribution in [3.05, 3.63) is 0 Å². The van der Waals surface area contributed by atoms with Crippen molar-refractivity contribution in [2.45, 2.75) is 260 Å². The number of ether oxygens (including phenoxy) is 2. The lowest BCUT2D eigenvalue weighted by atomic mass is 9.82. The van der Waals surface area contributed by atoms with Crippen LogP contribution < -0.4 is 11.5 Å². The zero-order valence-corrected chi connectivity index (χ0v) is 39.9. The van der Waals surface area contributed by atoms with Gasteiger partial charge in [-0.05, 0) is 146 Å². The van der Waals surface area contributed by atoms with Crippen molar-refractivity contribution in [3.8, 4) is 0 Å². The molecule has 0 saturated heterocycles. The normalized spacial score (nSPS) is 17.1. The maximum Gasteiger partial charge on any atom is 0.306 e. The second-order valence-corrected chi connectivity index (χ2v) is 20.1. The van der Waals surface area contributed by atoms with Crippen molar-refractivity contribution in [2.24, 2.45) is 53.3 Å². The molecular formula is C51H110N2O5. The van der Waals surface area contributed by atoms with E-state index in [-0.39, 0.29) is 82.9 Å². The van der Waals surface area contributed by atoms with Gasteiger partial charge >= 0.3 is 11.9 Å². The third kappa shape index (κ3) is 42.5. The van der Waals surface area contributed by atoms with E-state index < -0.39 is 11.2 Å². The highest BCUT2D eigenvalue weighted by Gasteiger charge is 2.26. The van der Waals surface area contributed by atoms with Gasteiger partial charge in [-0.2, -0.15) is 0 Å². The van der Waals surface area contributed by atoms with Gasteiger partial charge in [0.1, 0.15) is 11.2 Å². The first-order valence-corrected chi connectivity index (χ1v) is 22.2. The van der Waals surface area contributed by atoms with Crippen molar-refractivity contribution in [3.63, 3.8) is 0 Å². The summed E-state index contributed by atoms with van der Waals surface area (Å²) in [5.41, 5.74) is -0.947. The van der Waals surface area contributed by atoms with Gasteiger partial charge in [-0.15, -0.1) is 0 Å². The molecule has 0 radical (unpaired) electrons. The molecule has 0 aliphatic rings. The van der Waals surface area contributed by atoms with Crippen LogP contribution in [0.15, 0.2) is 0 Å². The van der Waals surface area contributed by atoms with Crippen LogP contribution in [0, 0.1) is 53.3 Å². The average Bonchev–Trinajstić information content (AvgIpc) is 3.02. The summed E-state index contributed by atoms with van der Waals surface area (Å²) in [5.74, 6) is 3.83. The van der Waals surface area contributed by atoms with Crippen LogP contribution >= 0.6 is 0 Å². The Morgan fingerprint density at radius 1 is 0.534 bits per heavy atom. The van der Waals surface area contributed by atoms with Gasteiger partial charge in [0.2, 0.25) is 5.91 Å². The monoisotopic (exact) mass is 835 g/mol. The lowest BCUT2D eigenvalue weighted by Gasteiger charge is -2.28. The summed E-state index contributed by atoms with van der Waals surface area (Å²) in [5, 5.41) is 3.19. The van der Waals surface area contributed by atoms with Gasteiger partial charge in [-0.25, -0.2) is 0 Å². The van der Waals surface area contributed by atoms with Crippen LogP contribution in [0.4, 0.5) is 0 Å². The number of carbonyl (C=O) groups excluding carboxylic acids is 3. The van der Waals surface area contributed by atoms with Crippen molar-refractivity contribution in [2.75, 3.05) is 0 Å². The number of nitrogens with one attached hydrogen (secondary N) is 1. The third-order valence-corrected chi connectivity index (χ3v) is 10.2. The highest BCUT2D eigenvalue weighted by atomic mass is 16.6. The topological polar surface area (TPSA) is 117 Å². The van der Waals surface area contributed by atoms with Gasteiger partial charge < -0.3 is 20.9 Å². The lowest BCUT2D eigenvalue weighted by Crippen LogP contribution is -2.38. The molecule has 1 amide bonds. The minimum Gasteiger partial charge on any atom is -0.460 e. The predicted octanol–water partition coefficient (Wildman–Crippen LogP) is 15.8. The lowest BCUT2D eigenvalue weighted by molar-refractivity contribution is -0.157. The summed E-state index contributed by atoms with van der Waals surface area (Å²) in [6, 6.07) is 0.0308. The first kappa shape index (κ1) is 63.0. The summed E-state index contributed by atoms with van der Waals surface area (Å²) >= 11 is 0. The minimum atomic E-state index is -0.513. The van der Waals surface area contributed by atoms with Gasteiger partial charge in [0.15, 0.2) is 0 Å². The number of rotatable bonds is 26. The highest BCUT2D eigenvalue weighted by molar-refractivity contribution is 5.75. The number of amides is 1. The molecule has 0 fully saturated rings. The second kappa shape index (κ2) is 36.1. The number of esters is 2. The third-order valence-electron chi connectivity index (χ3n) is 10.2. The highest BCUT2D eigenvalue weighted by Crippen LogP contribution is 2.30. The molecule has 0 aromatic heterocycles. The van der Waals surface area contributed by atoms with E-state index in [2.05, 4.69) is 67.6 Å². The molecule has 0 bridgehead atoms. The summed E-state index contributed by atoms with van der Waals surface area (Å²) in [6.07, 6.45) is 11.0. The van der Waals surface area contributed by atoms with Gasteiger partial charge in [-0.1, -0.05) is 131 Å². The predicted molar refractivity (Wildman–Crippen MR) is 258 cm³/mol. The molecule has 0 spiro atoms. The summed E-state index contributed by atoms with van der Waals surface area (Å²) in [7, 11) is 0. The van der Waals surface area contributed by atoms with Gasteiger partial charge in [0.25, 0.3) is 0 Å². The molecule has 0 aliphatic heterocycles. The molecule has 10 unspecified atom stereocenters. The number of hydrogen-bond acceptors (Lipinski definition) is 6. The van der Waals surface area contributed by atoms with Crippen LogP contribution in [0.25, 0.3) is 0 Å². The van der Waals surface area contributed by atoms with E-state index in [1.165, 1.54) is 19.3 Å². The molecule has 0 rings (SSSR count). The zero-order chi connectivity index (χ0) is 44.0. The Hall–Kier alpha value is -1.63. The average molecular weight is 835 g/mol. The molecule has 7 heteroatoms. The van der Waals surface area contributed by atoms with Crippen LogP contribution in [-0.2, 0) is 23.9 Å². The Bertz CT molecular complexity index is 1060. The Balaban J connectivity index is -0.000000230. The molecular weight excluding hydrogens is 721 g/mol. The van der Waals surface area contributed by atoms with Crippen molar-refractivity contribution >= 4 is 17.8 Å². The van der Waals surface area contributed by atoms with Gasteiger partial charge in [-0.3, -0.25) is 14.4 Å². The molecule has 4 N–H and O–H groups in total. The van der Waals surface area contributed by atoms with Crippen molar-refractivity contribution < 1.29 is 26.6 Å². The van der Waals surface area contributed by atoms with E-state index in [1.807, 2.05) is 62.3 Å². The largest absolute Gasteiger partial charge is 0.460 e.